The molecule has 0 saturated carbocycles. The number of nitrogens with zero attached hydrogens (tertiary/aromatic N) is 1. The van der Waals surface area contributed by atoms with Crippen molar-refractivity contribution in [3.8, 4) is 5.75 Å². The quantitative estimate of drug-likeness (QED) is 0.309. The molecule has 0 aliphatic heterocycles. The number of amides is 1. The zero-order valence-corrected chi connectivity index (χ0v) is 14.2. The molecule has 9 heteroatoms. The predicted molar refractivity (Wildman–Crippen MR) is 87.4 cm³/mol. The number of carbonyl (C=O) groups is 3. The molecule has 25 heavy (non-hydrogen) atoms. The van der Waals surface area contributed by atoms with E-state index in [1.165, 1.54) is 13.2 Å². The Morgan fingerprint density at radius 1 is 1.40 bits per heavy atom. The number of non-ortho nitro benzene ring substituents is 1. The van der Waals surface area contributed by atoms with E-state index >= 15 is 0 Å². The van der Waals surface area contributed by atoms with Crippen LogP contribution in [-0.4, -0.2) is 42.8 Å². The summed E-state index contributed by atoms with van der Waals surface area (Å²) < 4.78 is 9.90. The average molecular weight is 352 g/mol. The fourth-order valence-electron chi connectivity index (χ4n) is 2.03. The first-order valence-corrected chi connectivity index (χ1v) is 7.57. The number of hydrogen-bond donors (Lipinski definition) is 1. The van der Waals surface area contributed by atoms with Crippen molar-refractivity contribution in [1.29, 1.82) is 0 Å². The van der Waals surface area contributed by atoms with E-state index in [1.54, 1.807) is 6.92 Å². The molecule has 0 spiro atoms. The van der Waals surface area contributed by atoms with Crippen LogP contribution in [0.25, 0.3) is 0 Å². The van der Waals surface area contributed by atoms with Gasteiger partial charge in [0.1, 0.15) is 11.8 Å². The fraction of sp³-hybridized carbons (Fsp3) is 0.438. The minimum atomic E-state index is -0.812. The van der Waals surface area contributed by atoms with Crippen LogP contribution in [-0.2, 0) is 14.3 Å². The average Bonchev–Trinajstić information content (AvgIpc) is 2.62. The second kappa shape index (κ2) is 9.36. The van der Waals surface area contributed by atoms with Crippen LogP contribution in [0, 0.1) is 16.0 Å². The number of nitro benzene ring substituents is 1. The number of nitrogens with one attached hydrogen (secondary N) is 1. The molecule has 0 heterocycles. The minimum Gasteiger partial charge on any atom is -0.483 e. The summed E-state index contributed by atoms with van der Waals surface area (Å²) in [7, 11) is 1.23. The highest BCUT2D eigenvalue weighted by molar-refractivity contribution is 5.86. The number of esters is 1. The van der Waals surface area contributed by atoms with Gasteiger partial charge in [-0.3, -0.25) is 19.7 Å². The molecule has 1 N–H and O–H groups in total. The van der Waals surface area contributed by atoms with Gasteiger partial charge in [-0.2, -0.15) is 0 Å². The summed E-state index contributed by atoms with van der Waals surface area (Å²) in [5.74, 6) is -1.24. The molecule has 0 fully saturated rings. The van der Waals surface area contributed by atoms with Gasteiger partial charge in [-0.15, -0.1) is 0 Å². The van der Waals surface area contributed by atoms with Gasteiger partial charge in [-0.25, -0.2) is 4.79 Å². The van der Waals surface area contributed by atoms with Gasteiger partial charge in [-0.1, -0.05) is 20.3 Å². The van der Waals surface area contributed by atoms with E-state index in [0.717, 1.165) is 12.1 Å². The summed E-state index contributed by atoms with van der Waals surface area (Å²) in [5, 5.41) is 13.2. The number of methoxy groups -OCH3 is 1. The third-order valence-corrected chi connectivity index (χ3v) is 3.67. The Balaban J connectivity index is 2.77. The summed E-state index contributed by atoms with van der Waals surface area (Å²) in [6, 6.07) is 2.64. The normalized spacial score (nSPS) is 12.6. The standard InChI is InChI=1S/C16H20N2O7/c1-4-10(2)15(16(21)24-3)17-14(20)9-25-13-6-5-12(18(22)23)7-11(13)8-19/h5-8,10,15H,4,9H2,1-3H3,(H,17,20)/t10-,15-/m0/s1. The largest absolute Gasteiger partial charge is 0.483 e. The van der Waals surface area contributed by atoms with Crippen LogP contribution >= 0.6 is 0 Å². The lowest BCUT2D eigenvalue weighted by molar-refractivity contribution is -0.384. The van der Waals surface area contributed by atoms with Crippen molar-refractivity contribution in [2.45, 2.75) is 26.3 Å². The summed E-state index contributed by atoms with van der Waals surface area (Å²) in [6.07, 6.45) is 1.05. The Labute approximate surface area is 144 Å². The molecular formula is C16H20N2O7. The van der Waals surface area contributed by atoms with Gasteiger partial charge in [0.25, 0.3) is 11.6 Å². The molecule has 136 valence electrons. The van der Waals surface area contributed by atoms with E-state index in [4.69, 9.17) is 4.74 Å². The van der Waals surface area contributed by atoms with Gasteiger partial charge in [0.15, 0.2) is 12.9 Å². The van der Waals surface area contributed by atoms with Crippen molar-refractivity contribution in [2.24, 2.45) is 5.92 Å². The van der Waals surface area contributed by atoms with Crippen LogP contribution in [0.15, 0.2) is 18.2 Å². The molecule has 0 saturated heterocycles. The van der Waals surface area contributed by atoms with E-state index in [9.17, 15) is 24.5 Å². The maximum absolute atomic E-state index is 12.0. The molecule has 1 rings (SSSR count). The van der Waals surface area contributed by atoms with Gasteiger partial charge in [0, 0.05) is 12.1 Å². The lowest BCUT2D eigenvalue weighted by Crippen LogP contribution is -2.47. The van der Waals surface area contributed by atoms with Crippen LogP contribution in [0.3, 0.4) is 0 Å². The topological polar surface area (TPSA) is 125 Å². The SMILES string of the molecule is CC[C@H](C)[C@H](NC(=O)COc1ccc([N+](=O)[O-])cc1C=O)C(=O)OC. The number of nitro groups is 1. The molecule has 0 aliphatic carbocycles. The number of benzene rings is 1. The Bertz CT molecular complexity index is 660. The van der Waals surface area contributed by atoms with Crippen molar-refractivity contribution < 1.29 is 28.8 Å². The third-order valence-electron chi connectivity index (χ3n) is 3.67. The second-order valence-corrected chi connectivity index (χ2v) is 5.34. The minimum absolute atomic E-state index is 0.0360. The fourth-order valence-corrected chi connectivity index (χ4v) is 2.03. The summed E-state index contributed by atoms with van der Waals surface area (Å²) >= 11 is 0. The van der Waals surface area contributed by atoms with Crippen LogP contribution < -0.4 is 10.1 Å². The van der Waals surface area contributed by atoms with Crippen molar-refractivity contribution in [3.05, 3.63) is 33.9 Å². The van der Waals surface area contributed by atoms with Crippen LogP contribution in [0.2, 0.25) is 0 Å². The van der Waals surface area contributed by atoms with E-state index in [0.29, 0.717) is 12.7 Å². The maximum atomic E-state index is 12.0. The molecule has 0 unspecified atom stereocenters. The second-order valence-electron chi connectivity index (χ2n) is 5.34. The lowest BCUT2D eigenvalue weighted by atomic mass is 9.99. The van der Waals surface area contributed by atoms with E-state index in [1.807, 2.05) is 6.92 Å². The Morgan fingerprint density at radius 3 is 2.60 bits per heavy atom. The predicted octanol–water partition coefficient (Wildman–Crippen LogP) is 1.49. The Kier molecular flexibility index (Phi) is 7.51. The summed E-state index contributed by atoms with van der Waals surface area (Å²) in [6.45, 7) is 3.21. The molecule has 1 amide bonds. The number of aldehydes is 1. The lowest BCUT2D eigenvalue weighted by Gasteiger charge is -2.21. The van der Waals surface area contributed by atoms with Crippen molar-refractivity contribution in [3.63, 3.8) is 0 Å². The van der Waals surface area contributed by atoms with Crippen molar-refractivity contribution >= 4 is 23.9 Å². The Hall–Kier alpha value is -2.97. The smallest absolute Gasteiger partial charge is 0.328 e. The molecule has 1 aromatic carbocycles. The van der Waals surface area contributed by atoms with Crippen molar-refractivity contribution in [1.82, 2.24) is 5.32 Å². The molecule has 0 bridgehead atoms. The summed E-state index contributed by atoms with van der Waals surface area (Å²) in [5.41, 5.74) is -0.310. The van der Waals surface area contributed by atoms with Gasteiger partial charge in [-0.05, 0) is 12.0 Å². The molecule has 0 radical (unpaired) electrons. The number of hydrogen-bond acceptors (Lipinski definition) is 7. The van der Waals surface area contributed by atoms with Crippen LogP contribution in [0.4, 0.5) is 5.69 Å². The van der Waals surface area contributed by atoms with E-state index in [2.05, 4.69) is 10.1 Å². The van der Waals surface area contributed by atoms with E-state index < -0.39 is 29.4 Å². The zero-order valence-electron chi connectivity index (χ0n) is 14.2. The van der Waals surface area contributed by atoms with Gasteiger partial charge in [0.2, 0.25) is 0 Å². The highest BCUT2D eigenvalue weighted by atomic mass is 16.6. The maximum Gasteiger partial charge on any atom is 0.328 e. The van der Waals surface area contributed by atoms with Crippen LogP contribution in [0.1, 0.15) is 30.6 Å². The summed E-state index contributed by atoms with van der Waals surface area (Å²) in [4.78, 5) is 44.8. The van der Waals surface area contributed by atoms with Gasteiger partial charge < -0.3 is 14.8 Å². The molecular weight excluding hydrogens is 332 g/mol. The Morgan fingerprint density at radius 2 is 2.08 bits per heavy atom. The van der Waals surface area contributed by atoms with Crippen LogP contribution in [0.5, 0.6) is 5.75 Å². The highest BCUT2D eigenvalue weighted by Crippen LogP contribution is 2.22. The number of ether oxygens (including phenoxy) is 2. The van der Waals surface area contributed by atoms with E-state index in [-0.39, 0.29) is 22.9 Å². The van der Waals surface area contributed by atoms with Gasteiger partial charge in [0.05, 0.1) is 17.6 Å². The molecule has 9 nitrogen and oxygen atoms in total. The highest BCUT2D eigenvalue weighted by Gasteiger charge is 2.26. The first-order valence-electron chi connectivity index (χ1n) is 7.57. The molecule has 1 aromatic rings. The third kappa shape index (κ3) is 5.55. The monoisotopic (exact) mass is 352 g/mol. The van der Waals surface area contributed by atoms with Crippen molar-refractivity contribution in [2.75, 3.05) is 13.7 Å². The first-order chi connectivity index (χ1) is 11.8. The number of carbonyl (C=O) groups excluding carboxylic acids is 3. The molecule has 0 aliphatic rings. The van der Waals surface area contributed by atoms with Gasteiger partial charge >= 0.3 is 5.97 Å². The zero-order chi connectivity index (χ0) is 19.0. The molecule has 0 aromatic heterocycles. The first kappa shape index (κ1) is 20.1. The number of rotatable bonds is 9. The molecule has 2 atom stereocenters.